The highest BCUT2D eigenvalue weighted by atomic mass is 19.1. The van der Waals surface area contributed by atoms with Gasteiger partial charge in [-0.05, 0) is 37.2 Å². The highest BCUT2D eigenvalue weighted by Gasteiger charge is 2.36. The molecule has 0 aromatic heterocycles. The minimum atomic E-state index is -0.333. The van der Waals surface area contributed by atoms with E-state index < -0.39 is 0 Å². The Hall–Kier alpha value is -1.70. The lowest BCUT2D eigenvalue weighted by molar-refractivity contribution is -0.132. The molecule has 0 unspecified atom stereocenters. The molecule has 0 radical (unpaired) electrons. The Morgan fingerprint density at radius 3 is 2.46 bits per heavy atom. The Balaban J connectivity index is 1.49. The number of carbonyl (C=O) groups excluding carboxylic acids is 1. The molecule has 0 saturated carbocycles. The third-order valence-corrected chi connectivity index (χ3v) is 5.43. The van der Waals surface area contributed by atoms with Crippen LogP contribution in [-0.4, -0.2) is 91.8 Å². The molecule has 2 atom stereocenters. The minimum Gasteiger partial charge on any atom is -0.484 e. The van der Waals surface area contributed by atoms with Crippen molar-refractivity contribution in [1.82, 2.24) is 14.7 Å². The molecule has 6 nitrogen and oxygen atoms in total. The van der Waals surface area contributed by atoms with Gasteiger partial charge in [-0.3, -0.25) is 4.79 Å². The van der Waals surface area contributed by atoms with Crippen molar-refractivity contribution in [1.29, 1.82) is 0 Å². The zero-order chi connectivity index (χ0) is 18.5. The highest BCUT2D eigenvalue weighted by molar-refractivity contribution is 5.78. The summed E-state index contributed by atoms with van der Waals surface area (Å²) >= 11 is 0. The second-order valence-electron chi connectivity index (χ2n) is 7.35. The fourth-order valence-electron chi connectivity index (χ4n) is 3.69. The molecule has 2 fully saturated rings. The number of hydrogen-bond acceptors (Lipinski definition) is 5. The van der Waals surface area contributed by atoms with Crippen molar-refractivity contribution in [2.45, 2.75) is 0 Å². The van der Waals surface area contributed by atoms with E-state index in [4.69, 9.17) is 4.74 Å². The van der Waals surface area contributed by atoms with Crippen molar-refractivity contribution >= 4 is 5.91 Å². The summed E-state index contributed by atoms with van der Waals surface area (Å²) in [4.78, 5) is 19.0. The van der Waals surface area contributed by atoms with E-state index in [1.165, 1.54) is 24.3 Å². The van der Waals surface area contributed by atoms with E-state index in [9.17, 15) is 14.3 Å². The van der Waals surface area contributed by atoms with Crippen molar-refractivity contribution in [2.75, 3.05) is 66.1 Å². The third-order valence-electron chi connectivity index (χ3n) is 5.43. The predicted octanol–water partition coefficient (Wildman–Crippen LogP) is 0.519. The lowest BCUT2D eigenvalue weighted by Crippen LogP contribution is -2.47. The minimum absolute atomic E-state index is 0.0645. The van der Waals surface area contributed by atoms with Crippen molar-refractivity contribution in [2.24, 2.45) is 11.8 Å². The smallest absolute Gasteiger partial charge is 0.260 e. The Kier molecular flexibility index (Phi) is 6.45. The fourth-order valence-corrected chi connectivity index (χ4v) is 3.69. The number of benzene rings is 1. The first-order valence-electron chi connectivity index (χ1n) is 9.23. The highest BCUT2D eigenvalue weighted by Crippen LogP contribution is 2.25. The lowest BCUT2D eigenvalue weighted by Gasteiger charge is -2.34. The van der Waals surface area contributed by atoms with Crippen LogP contribution < -0.4 is 4.74 Å². The van der Waals surface area contributed by atoms with Gasteiger partial charge in [0.2, 0.25) is 0 Å². The number of hydrogen-bond donors (Lipinski definition) is 1. The standard InChI is InChI=1S/C19H28FN3O3/c1-21-6-8-22(9-7-21)10-15-11-23(12-16(15)13-24)19(25)14-26-18-4-2-17(20)3-5-18/h2-5,15-16,24H,6-14H2,1H3/t15-,16-/m1/s1. The Bertz CT molecular complexity index is 590. The monoisotopic (exact) mass is 365 g/mol. The largest absolute Gasteiger partial charge is 0.484 e. The molecule has 2 saturated heterocycles. The van der Waals surface area contributed by atoms with Crippen LogP contribution in [0, 0.1) is 17.7 Å². The maximum absolute atomic E-state index is 12.9. The quantitative estimate of drug-likeness (QED) is 0.797. The second kappa shape index (κ2) is 8.79. The lowest BCUT2D eigenvalue weighted by atomic mass is 9.96. The van der Waals surface area contributed by atoms with Gasteiger partial charge in [0.25, 0.3) is 5.91 Å². The number of likely N-dealkylation sites (tertiary alicyclic amines) is 1. The summed E-state index contributed by atoms with van der Waals surface area (Å²) in [7, 11) is 2.13. The molecular weight excluding hydrogens is 337 g/mol. The average molecular weight is 365 g/mol. The average Bonchev–Trinajstić information content (AvgIpc) is 3.06. The number of piperazine rings is 1. The van der Waals surface area contributed by atoms with Gasteiger partial charge in [-0.15, -0.1) is 0 Å². The van der Waals surface area contributed by atoms with E-state index in [-0.39, 0.29) is 36.8 Å². The van der Waals surface area contributed by atoms with E-state index in [2.05, 4.69) is 16.8 Å². The van der Waals surface area contributed by atoms with Crippen LogP contribution in [0.15, 0.2) is 24.3 Å². The van der Waals surface area contributed by atoms with E-state index in [1.54, 1.807) is 4.90 Å². The summed E-state index contributed by atoms with van der Waals surface area (Å²) in [6.45, 7) is 6.37. The maximum atomic E-state index is 12.9. The summed E-state index contributed by atoms with van der Waals surface area (Å²) < 4.78 is 18.4. The summed E-state index contributed by atoms with van der Waals surface area (Å²) in [5.74, 6) is 0.462. The number of ether oxygens (including phenoxy) is 1. The van der Waals surface area contributed by atoms with Crippen LogP contribution in [0.1, 0.15) is 0 Å². The number of nitrogens with zero attached hydrogens (tertiary/aromatic N) is 3. The normalized spacial score (nSPS) is 24.8. The summed E-state index contributed by atoms with van der Waals surface area (Å²) in [6.07, 6.45) is 0. The SMILES string of the molecule is CN1CCN(C[C@@H]2CN(C(=O)COc3ccc(F)cc3)C[C@@H]2CO)CC1. The van der Waals surface area contributed by atoms with Gasteiger partial charge in [0.05, 0.1) is 0 Å². The van der Waals surface area contributed by atoms with Crippen LogP contribution in [0.2, 0.25) is 0 Å². The van der Waals surface area contributed by atoms with Crippen molar-refractivity contribution < 1.29 is 19.0 Å². The number of rotatable bonds is 6. The summed E-state index contributed by atoms with van der Waals surface area (Å²) in [5, 5.41) is 9.71. The van der Waals surface area contributed by atoms with E-state index in [0.717, 1.165) is 32.7 Å². The van der Waals surface area contributed by atoms with Gasteiger partial charge >= 0.3 is 0 Å². The number of carbonyl (C=O) groups is 1. The molecule has 2 heterocycles. The molecule has 2 aliphatic rings. The van der Waals surface area contributed by atoms with E-state index in [1.807, 2.05) is 0 Å². The summed E-state index contributed by atoms with van der Waals surface area (Å²) in [6, 6.07) is 5.64. The Morgan fingerprint density at radius 2 is 1.81 bits per heavy atom. The first kappa shape index (κ1) is 19.1. The predicted molar refractivity (Wildman–Crippen MR) is 96.5 cm³/mol. The molecule has 2 aliphatic heterocycles. The number of aliphatic hydroxyl groups is 1. The van der Waals surface area contributed by atoms with Gasteiger partial charge in [0.15, 0.2) is 6.61 Å². The number of halogens is 1. The first-order valence-corrected chi connectivity index (χ1v) is 9.23. The molecule has 0 spiro atoms. The summed E-state index contributed by atoms with van der Waals surface area (Å²) in [5.41, 5.74) is 0. The van der Waals surface area contributed by atoms with E-state index >= 15 is 0 Å². The molecule has 1 aromatic rings. The van der Waals surface area contributed by atoms with Gasteiger partial charge in [-0.1, -0.05) is 0 Å². The molecule has 0 bridgehead atoms. The van der Waals surface area contributed by atoms with Gasteiger partial charge in [-0.25, -0.2) is 4.39 Å². The zero-order valence-corrected chi connectivity index (χ0v) is 15.3. The molecule has 3 rings (SSSR count). The van der Waals surface area contributed by atoms with Crippen LogP contribution in [0.5, 0.6) is 5.75 Å². The number of amides is 1. The first-order chi connectivity index (χ1) is 12.5. The van der Waals surface area contributed by atoms with Crippen LogP contribution in [0.25, 0.3) is 0 Å². The maximum Gasteiger partial charge on any atom is 0.260 e. The second-order valence-corrected chi connectivity index (χ2v) is 7.35. The van der Waals surface area contributed by atoms with Gasteiger partial charge in [0, 0.05) is 58.3 Å². The topological polar surface area (TPSA) is 56.2 Å². The third kappa shape index (κ3) is 4.93. The van der Waals surface area contributed by atoms with Crippen molar-refractivity contribution in [3.63, 3.8) is 0 Å². The van der Waals surface area contributed by atoms with Crippen molar-refractivity contribution in [3.8, 4) is 5.75 Å². The fraction of sp³-hybridized carbons (Fsp3) is 0.632. The number of likely N-dealkylation sites (N-methyl/N-ethyl adjacent to an activating group) is 1. The molecule has 1 amide bonds. The van der Waals surface area contributed by atoms with Gasteiger partial charge in [-0.2, -0.15) is 0 Å². The van der Waals surface area contributed by atoms with Crippen LogP contribution >= 0.6 is 0 Å². The van der Waals surface area contributed by atoms with Crippen LogP contribution in [0.4, 0.5) is 4.39 Å². The van der Waals surface area contributed by atoms with Gasteiger partial charge in [0.1, 0.15) is 11.6 Å². The molecule has 1 aromatic carbocycles. The molecule has 1 N–H and O–H groups in total. The van der Waals surface area contributed by atoms with Crippen LogP contribution in [0.3, 0.4) is 0 Å². The molecule has 26 heavy (non-hydrogen) atoms. The van der Waals surface area contributed by atoms with E-state index in [0.29, 0.717) is 18.8 Å². The van der Waals surface area contributed by atoms with Gasteiger partial charge < -0.3 is 24.5 Å². The molecule has 144 valence electrons. The van der Waals surface area contributed by atoms with Crippen LogP contribution in [-0.2, 0) is 4.79 Å². The number of aliphatic hydroxyl groups excluding tert-OH is 1. The Labute approximate surface area is 154 Å². The molecule has 7 heteroatoms. The molecule has 0 aliphatic carbocycles. The Morgan fingerprint density at radius 1 is 1.15 bits per heavy atom. The zero-order valence-electron chi connectivity index (χ0n) is 15.3. The van der Waals surface area contributed by atoms with Crippen molar-refractivity contribution in [3.05, 3.63) is 30.1 Å². The molecular formula is C19H28FN3O3.